The maximum Gasteiger partial charge on any atom is 0.253 e. The van der Waals surface area contributed by atoms with E-state index in [4.69, 9.17) is 5.73 Å². The van der Waals surface area contributed by atoms with Crippen LogP contribution in [0.15, 0.2) is 30.3 Å². The van der Waals surface area contributed by atoms with Crippen LogP contribution in [-0.2, 0) is 0 Å². The van der Waals surface area contributed by atoms with Crippen LogP contribution in [0.3, 0.4) is 0 Å². The first-order valence-corrected chi connectivity index (χ1v) is 7.32. The third-order valence-electron chi connectivity index (χ3n) is 4.24. The van der Waals surface area contributed by atoms with Gasteiger partial charge in [-0.25, -0.2) is 0 Å². The zero-order valence-corrected chi connectivity index (χ0v) is 11.3. The topological polar surface area (TPSA) is 46.3 Å². The lowest BCUT2D eigenvalue weighted by Gasteiger charge is -2.36. The summed E-state index contributed by atoms with van der Waals surface area (Å²) in [6.45, 7) is 1.59. The van der Waals surface area contributed by atoms with Gasteiger partial charge in [0.15, 0.2) is 0 Å². The maximum atomic E-state index is 12.5. The van der Waals surface area contributed by atoms with Crippen LogP contribution in [0.2, 0.25) is 0 Å². The van der Waals surface area contributed by atoms with Crippen molar-refractivity contribution in [2.75, 3.05) is 13.1 Å². The van der Waals surface area contributed by atoms with E-state index in [2.05, 4.69) is 0 Å². The number of carbonyl (C=O) groups is 1. The second kappa shape index (κ2) is 5.33. The van der Waals surface area contributed by atoms with E-state index in [1.54, 1.807) is 0 Å². The summed E-state index contributed by atoms with van der Waals surface area (Å²) in [6.07, 6.45) is 5.08. The summed E-state index contributed by atoms with van der Waals surface area (Å²) in [6, 6.07) is 9.69. The van der Waals surface area contributed by atoms with Crippen LogP contribution in [0.4, 0.5) is 0 Å². The highest BCUT2D eigenvalue weighted by molar-refractivity contribution is 5.94. The number of likely N-dealkylation sites (tertiary alicyclic amines) is 1. The van der Waals surface area contributed by atoms with Crippen molar-refractivity contribution in [3.05, 3.63) is 35.9 Å². The van der Waals surface area contributed by atoms with Gasteiger partial charge in [-0.05, 0) is 36.8 Å². The van der Waals surface area contributed by atoms with Gasteiger partial charge in [-0.1, -0.05) is 31.0 Å². The summed E-state index contributed by atoms with van der Waals surface area (Å²) in [7, 11) is 0. The van der Waals surface area contributed by atoms with Crippen LogP contribution < -0.4 is 5.73 Å². The highest BCUT2D eigenvalue weighted by Crippen LogP contribution is 2.37. The van der Waals surface area contributed by atoms with Crippen LogP contribution in [0.25, 0.3) is 0 Å². The standard InChI is InChI=1S/C16H22N2O/c17-15-9-13(8-12-6-7-12)10-18(11-15)16(19)14-4-2-1-3-5-14/h1-5,12-13,15H,6-11,17H2. The lowest BCUT2D eigenvalue weighted by atomic mass is 9.90. The molecule has 1 aliphatic carbocycles. The molecule has 102 valence electrons. The fourth-order valence-electron chi connectivity index (χ4n) is 3.17. The molecule has 0 radical (unpaired) electrons. The summed E-state index contributed by atoms with van der Waals surface area (Å²) in [4.78, 5) is 14.4. The zero-order valence-electron chi connectivity index (χ0n) is 11.3. The maximum absolute atomic E-state index is 12.5. The third kappa shape index (κ3) is 3.16. The lowest BCUT2D eigenvalue weighted by Crippen LogP contribution is -2.49. The number of nitrogens with zero attached hydrogens (tertiary/aromatic N) is 1. The summed E-state index contributed by atoms with van der Waals surface area (Å²) in [5, 5.41) is 0. The molecule has 1 aromatic rings. The Hall–Kier alpha value is -1.35. The van der Waals surface area contributed by atoms with Crippen LogP contribution in [0.1, 0.15) is 36.0 Å². The second-order valence-electron chi connectivity index (χ2n) is 6.12. The first-order valence-electron chi connectivity index (χ1n) is 7.32. The van der Waals surface area contributed by atoms with E-state index in [0.717, 1.165) is 24.4 Å². The van der Waals surface area contributed by atoms with E-state index >= 15 is 0 Å². The van der Waals surface area contributed by atoms with Crippen molar-refractivity contribution in [1.82, 2.24) is 4.90 Å². The number of carbonyl (C=O) groups excluding carboxylic acids is 1. The Labute approximate surface area is 114 Å². The molecule has 2 unspecified atom stereocenters. The molecular weight excluding hydrogens is 236 g/mol. The molecule has 2 fully saturated rings. The van der Waals surface area contributed by atoms with E-state index in [1.807, 2.05) is 35.2 Å². The number of hydrogen-bond acceptors (Lipinski definition) is 2. The van der Waals surface area contributed by atoms with Gasteiger partial charge in [-0.2, -0.15) is 0 Å². The minimum atomic E-state index is 0.136. The number of rotatable bonds is 3. The zero-order chi connectivity index (χ0) is 13.2. The summed E-state index contributed by atoms with van der Waals surface area (Å²) < 4.78 is 0. The van der Waals surface area contributed by atoms with Gasteiger partial charge in [0.1, 0.15) is 0 Å². The Kier molecular flexibility index (Phi) is 3.56. The van der Waals surface area contributed by atoms with E-state index < -0.39 is 0 Å². The van der Waals surface area contributed by atoms with Crippen molar-refractivity contribution in [2.45, 2.75) is 31.7 Å². The highest BCUT2D eigenvalue weighted by Gasteiger charge is 2.32. The molecule has 1 saturated heterocycles. The molecular formula is C16H22N2O. The van der Waals surface area contributed by atoms with E-state index in [-0.39, 0.29) is 11.9 Å². The molecule has 0 spiro atoms. The average molecular weight is 258 g/mol. The quantitative estimate of drug-likeness (QED) is 0.904. The molecule has 2 atom stereocenters. The Morgan fingerprint density at radius 1 is 1.16 bits per heavy atom. The molecule has 2 N–H and O–H groups in total. The summed E-state index contributed by atoms with van der Waals surface area (Å²) in [5.74, 6) is 1.64. The van der Waals surface area contributed by atoms with Crippen molar-refractivity contribution in [1.29, 1.82) is 0 Å². The lowest BCUT2D eigenvalue weighted by molar-refractivity contribution is 0.0639. The van der Waals surface area contributed by atoms with Crippen LogP contribution in [-0.4, -0.2) is 29.9 Å². The molecule has 3 nitrogen and oxygen atoms in total. The van der Waals surface area contributed by atoms with Gasteiger partial charge in [-0.15, -0.1) is 0 Å². The van der Waals surface area contributed by atoms with Crippen molar-refractivity contribution >= 4 is 5.91 Å². The molecule has 1 aromatic carbocycles. The molecule has 1 aliphatic heterocycles. The molecule has 19 heavy (non-hydrogen) atoms. The van der Waals surface area contributed by atoms with Gasteiger partial charge in [-0.3, -0.25) is 4.79 Å². The first kappa shape index (κ1) is 12.7. The Balaban J connectivity index is 1.67. The van der Waals surface area contributed by atoms with Gasteiger partial charge in [0.25, 0.3) is 5.91 Å². The smallest absolute Gasteiger partial charge is 0.253 e. The van der Waals surface area contributed by atoms with Crippen molar-refractivity contribution < 1.29 is 4.79 Å². The Morgan fingerprint density at radius 3 is 2.58 bits per heavy atom. The van der Waals surface area contributed by atoms with Gasteiger partial charge in [0.05, 0.1) is 0 Å². The van der Waals surface area contributed by atoms with Gasteiger partial charge >= 0.3 is 0 Å². The molecule has 0 aromatic heterocycles. The predicted octanol–water partition coefficient (Wildman–Crippen LogP) is 2.28. The number of benzene rings is 1. The molecule has 3 heteroatoms. The summed E-state index contributed by atoms with van der Waals surface area (Å²) in [5.41, 5.74) is 6.91. The molecule has 1 amide bonds. The number of nitrogens with two attached hydrogens (primary N) is 1. The van der Waals surface area contributed by atoms with E-state index in [0.29, 0.717) is 12.5 Å². The van der Waals surface area contributed by atoms with Crippen molar-refractivity contribution in [3.8, 4) is 0 Å². The van der Waals surface area contributed by atoms with Crippen molar-refractivity contribution in [2.24, 2.45) is 17.6 Å². The van der Waals surface area contributed by atoms with Crippen LogP contribution >= 0.6 is 0 Å². The second-order valence-corrected chi connectivity index (χ2v) is 6.12. The minimum absolute atomic E-state index is 0.136. The van der Waals surface area contributed by atoms with E-state index in [1.165, 1.54) is 19.3 Å². The minimum Gasteiger partial charge on any atom is -0.337 e. The molecule has 2 aliphatic rings. The number of hydrogen-bond donors (Lipinski definition) is 1. The molecule has 0 bridgehead atoms. The Morgan fingerprint density at radius 2 is 1.89 bits per heavy atom. The predicted molar refractivity (Wildman–Crippen MR) is 75.8 cm³/mol. The number of piperidine rings is 1. The van der Waals surface area contributed by atoms with Crippen LogP contribution in [0.5, 0.6) is 0 Å². The normalized spacial score (nSPS) is 27.3. The van der Waals surface area contributed by atoms with Crippen molar-refractivity contribution in [3.63, 3.8) is 0 Å². The third-order valence-corrected chi connectivity index (χ3v) is 4.24. The Bertz CT molecular complexity index is 439. The average Bonchev–Trinajstić information content (AvgIpc) is 3.22. The highest BCUT2D eigenvalue weighted by atomic mass is 16.2. The largest absolute Gasteiger partial charge is 0.337 e. The fraction of sp³-hybridized carbons (Fsp3) is 0.562. The molecule has 1 saturated carbocycles. The fourth-order valence-corrected chi connectivity index (χ4v) is 3.17. The molecule has 3 rings (SSSR count). The number of amides is 1. The monoisotopic (exact) mass is 258 g/mol. The SMILES string of the molecule is NC1CC(CC2CC2)CN(C(=O)c2ccccc2)C1. The van der Waals surface area contributed by atoms with Crippen LogP contribution in [0, 0.1) is 11.8 Å². The first-order chi connectivity index (χ1) is 9.22. The van der Waals surface area contributed by atoms with E-state index in [9.17, 15) is 4.79 Å². The molecule has 1 heterocycles. The van der Waals surface area contributed by atoms with Gasteiger partial charge < -0.3 is 10.6 Å². The van der Waals surface area contributed by atoms with Gasteiger partial charge in [0.2, 0.25) is 0 Å². The van der Waals surface area contributed by atoms with Gasteiger partial charge in [0, 0.05) is 24.7 Å². The summed E-state index contributed by atoms with van der Waals surface area (Å²) >= 11 is 0.